The van der Waals surface area contributed by atoms with Gasteiger partial charge in [-0.3, -0.25) is 14.3 Å². The number of carbonyl (C=O) groups is 1. The highest BCUT2D eigenvalue weighted by Crippen LogP contribution is 2.30. The van der Waals surface area contributed by atoms with Crippen LogP contribution in [0.15, 0.2) is 106 Å². The van der Waals surface area contributed by atoms with Gasteiger partial charge in [0.05, 0.1) is 12.0 Å². The summed E-state index contributed by atoms with van der Waals surface area (Å²) in [5.41, 5.74) is 7.72. The van der Waals surface area contributed by atoms with E-state index in [1.807, 2.05) is 47.0 Å². The summed E-state index contributed by atoms with van der Waals surface area (Å²) in [4.78, 5) is 16.8. The molecule has 0 aliphatic rings. The average Bonchev–Trinajstić information content (AvgIpc) is 3.56. The lowest BCUT2D eigenvalue weighted by atomic mass is 10.1. The van der Waals surface area contributed by atoms with E-state index in [2.05, 4.69) is 89.5 Å². The van der Waals surface area contributed by atoms with Gasteiger partial charge in [0.15, 0.2) is 11.0 Å². The van der Waals surface area contributed by atoms with Crippen LogP contribution < -0.4 is 5.43 Å². The smallest absolute Gasteiger partial charge is 0.250 e. The molecular weight excluding hydrogens is 586 g/mol. The summed E-state index contributed by atoms with van der Waals surface area (Å²) in [7, 11) is 0. The van der Waals surface area contributed by atoms with Crippen LogP contribution in [-0.2, 0) is 11.3 Å². The lowest BCUT2D eigenvalue weighted by Gasteiger charge is -2.10. The molecule has 0 bridgehead atoms. The van der Waals surface area contributed by atoms with Gasteiger partial charge in [0.25, 0.3) is 5.91 Å². The second-order valence-electron chi connectivity index (χ2n) is 8.97. The summed E-state index contributed by atoms with van der Waals surface area (Å²) in [5.74, 6) is 0.567. The second kappa shape index (κ2) is 11.4. The molecule has 8 nitrogen and oxygen atoms in total. The van der Waals surface area contributed by atoms with Crippen molar-refractivity contribution in [2.75, 3.05) is 5.75 Å². The summed E-state index contributed by atoms with van der Waals surface area (Å²) in [6.45, 7) is 3.04. The number of pyridine rings is 1. The Hall–Kier alpha value is -4.28. The first-order valence-electron chi connectivity index (χ1n) is 12.7. The molecule has 1 amide bonds. The van der Waals surface area contributed by atoms with Crippen LogP contribution in [0.1, 0.15) is 12.5 Å². The Balaban J connectivity index is 1.17. The van der Waals surface area contributed by atoms with Gasteiger partial charge in [-0.15, -0.1) is 10.2 Å². The molecule has 1 N–H and O–H groups in total. The first-order valence-corrected chi connectivity index (χ1v) is 14.5. The second-order valence-corrected chi connectivity index (χ2v) is 10.8. The third kappa shape index (κ3) is 5.15. The van der Waals surface area contributed by atoms with E-state index in [1.165, 1.54) is 33.6 Å². The summed E-state index contributed by atoms with van der Waals surface area (Å²) in [5, 5.41) is 16.0. The third-order valence-electron chi connectivity index (χ3n) is 6.50. The number of thioether (sulfide) groups is 1. The maximum atomic E-state index is 12.7. The van der Waals surface area contributed by atoms with Crippen molar-refractivity contribution in [2.24, 2.45) is 5.10 Å². The molecule has 0 atom stereocenters. The molecule has 0 aliphatic carbocycles. The van der Waals surface area contributed by atoms with Crippen LogP contribution in [-0.4, -0.2) is 42.2 Å². The van der Waals surface area contributed by atoms with Gasteiger partial charge in [-0.05, 0) is 67.1 Å². The van der Waals surface area contributed by atoms with Crippen molar-refractivity contribution in [3.05, 3.63) is 101 Å². The minimum atomic E-state index is -0.235. The van der Waals surface area contributed by atoms with Crippen LogP contribution in [0, 0.1) is 0 Å². The lowest BCUT2D eigenvalue weighted by Crippen LogP contribution is -2.20. The van der Waals surface area contributed by atoms with Gasteiger partial charge in [0.1, 0.15) is 0 Å². The maximum Gasteiger partial charge on any atom is 0.250 e. The zero-order chi connectivity index (χ0) is 27.5. The lowest BCUT2D eigenvalue weighted by molar-refractivity contribution is -0.118. The summed E-state index contributed by atoms with van der Waals surface area (Å²) in [6.07, 6.45) is 5.10. The topological polar surface area (TPSA) is 90.0 Å². The fraction of sp³-hybridized carbons (Fsp3) is 0.100. The number of rotatable bonds is 8. The molecule has 0 saturated carbocycles. The number of hydrazone groups is 1. The van der Waals surface area contributed by atoms with Gasteiger partial charge >= 0.3 is 0 Å². The Morgan fingerprint density at radius 2 is 1.75 bits per heavy atom. The number of aryl methyl sites for hydroxylation is 1. The normalized spacial score (nSPS) is 11.6. The Labute approximate surface area is 243 Å². The molecule has 40 heavy (non-hydrogen) atoms. The SMILES string of the molecule is CCn1c2ccccc2c2cc(C=NNC(=O)CSc3nnc(-c4ccncc4)n3-c3ccc(Br)cc3)ccc21. The third-order valence-corrected chi connectivity index (χ3v) is 7.96. The van der Waals surface area contributed by atoms with Crippen molar-refractivity contribution in [1.29, 1.82) is 0 Å². The number of carbonyl (C=O) groups excluding carboxylic acids is 1. The quantitative estimate of drug-likeness (QED) is 0.121. The average molecular weight is 611 g/mol. The number of benzene rings is 3. The molecule has 0 saturated heterocycles. The standard InChI is InChI=1S/C30H24BrN7OS/c1-2-37-26-6-4-3-5-24(26)25-17-20(7-12-27(25)37)18-33-34-28(39)19-40-30-36-35-29(21-13-15-32-16-14-21)38(30)23-10-8-22(31)9-11-23/h3-18H,2,19H2,1H3,(H,34,39). The monoisotopic (exact) mass is 609 g/mol. The number of hydrogen-bond acceptors (Lipinski definition) is 6. The number of fused-ring (bicyclic) bond motifs is 3. The van der Waals surface area contributed by atoms with Crippen molar-refractivity contribution in [2.45, 2.75) is 18.6 Å². The maximum absolute atomic E-state index is 12.7. The molecule has 3 heterocycles. The van der Waals surface area contributed by atoms with Gasteiger partial charge in [-0.1, -0.05) is 52.0 Å². The van der Waals surface area contributed by atoms with Crippen molar-refractivity contribution in [1.82, 2.24) is 29.7 Å². The number of amides is 1. The van der Waals surface area contributed by atoms with E-state index in [0.717, 1.165) is 27.8 Å². The first-order chi connectivity index (χ1) is 19.6. The van der Waals surface area contributed by atoms with Crippen molar-refractivity contribution < 1.29 is 4.79 Å². The van der Waals surface area contributed by atoms with Crippen molar-refractivity contribution >= 4 is 61.6 Å². The van der Waals surface area contributed by atoms with E-state index >= 15 is 0 Å². The van der Waals surface area contributed by atoms with Gasteiger partial charge in [0.2, 0.25) is 0 Å². The number of hydrogen-bond donors (Lipinski definition) is 1. The predicted molar refractivity (Wildman–Crippen MR) is 164 cm³/mol. The van der Waals surface area contributed by atoms with Crippen LogP contribution in [0.5, 0.6) is 0 Å². The van der Waals surface area contributed by atoms with E-state index in [0.29, 0.717) is 11.0 Å². The van der Waals surface area contributed by atoms with Gasteiger partial charge < -0.3 is 4.57 Å². The van der Waals surface area contributed by atoms with Crippen LogP contribution in [0.3, 0.4) is 0 Å². The molecule has 0 radical (unpaired) electrons. The number of nitrogens with zero attached hydrogens (tertiary/aromatic N) is 6. The van der Waals surface area contributed by atoms with Crippen molar-refractivity contribution in [3.63, 3.8) is 0 Å². The van der Waals surface area contributed by atoms with Crippen LogP contribution in [0.2, 0.25) is 0 Å². The number of nitrogens with one attached hydrogen (secondary N) is 1. The van der Waals surface area contributed by atoms with E-state index in [-0.39, 0.29) is 11.7 Å². The molecule has 0 spiro atoms. The van der Waals surface area contributed by atoms with Gasteiger partial charge in [-0.25, -0.2) is 5.43 Å². The van der Waals surface area contributed by atoms with Gasteiger partial charge in [-0.2, -0.15) is 5.10 Å². The zero-order valence-corrected chi connectivity index (χ0v) is 23.9. The Morgan fingerprint density at radius 1 is 0.975 bits per heavy atom. The molecule has 0 unspecified atom stereocenters. The molecule has 0 fully saturated rings. The molecule has 6 rings (SSSR count). The first kappa shape index (κ1) is 26.0. The fourth-order valence-electron chi connectivity index (χ4n) is 4.71. The summed E-state index contributed by atoms with van der Waals surface area (Å²) < 4.78 is 5.21. The molecule has 3 aromatic carbocycles. The van der Waals surface area contributed by atoms with E-state index in [9.17, 15) is 4.79 Å². The van der Waals surface area contributed by atoms with Crippen LogP contribution >= 0.6 is 27.7 Å². The van der Waals surface area contributed by atoms with Crippen LogP contribution in [0.25, 0.3) is 38.9 Å². The molecule has 198 valence electrons. The van der Waals surface area contributed by atoms with Gasteiger partial charge in [0, 0.05) is 56.5 Å². The largest absolute Gasteiger partial charge is 0.341 e. The highest BCUT2D eigenvalue weighted by molar-refractivity contribution is 9.10. The zero-order valence-electron chi connectivity index (χ0n) is 21.5. The van der Waals surface area contributed by atoms with E-state index in [1.54, 1.807) is 18.6 Å². The van der Waals surface area contributed by atoms with E-state index in [4.69, 9.17) is 0 Å². The number of para-hydroxylation sites is 1. The molecule has 3 aromatic heterocycles. The minimum Gasteiger partial charge on any atom is -0.341 e. The fourth-order valence-corrected chi connectivity index (χ4v) is 5.72. The summed E-state index contributed by atoms with van der Waals surface area (Å²) in [6, 6.07) is 26.2. The highest BCUT2D eigenvalue weighted by Gasteiger charge is 2.17. The molecule has 0 aliphatic heterocycles. The predicted octanol–water partition coefficient (Wildman–Crippen LogP) is 6.46. The highest BCUT2D eigenvalue weighted by atomic mass is 79.9. The van der Waals surface area contributed by atoms with E-state index < -0.39 is 0 Å². The Kier molecular flexibility index (Phi) is 7.43. The minimum absolute atomic E-state index is 0.130. The van der Waals surface area contributed by atoms with Crippen LogP contribution in [0.4, 0.5) is 0 Å². The van der Waals surface area contributed by atoms with Crippen molar-refractivity contribution in [3.8, 4) is 17.1 Å². The molecule has 10 heteroatoms. The Morgan fingerprint density at radius 3 is 2.55 bits per heavy atom. The number of halogens is 1. The molecular formula is C30H24BrN7OS. The summed E-state index contributed by atoms with van der Waals surface area (Å²) >= 11 is 4.78. The molecule has 6 aromatic rings. The Bertz CT molecular complexity index is 1850. The number of aromatic nitrogens is 5.